The first-order valence-corrected chi connectivity index (χ1v) is 15.9. The molecule has 2 amide bonds. The topological polar surface area (TPSA) is 86.8 Å². The number of nitrogens with one attached hydrogen (secondary N) is 1. The second-order valence-electron chi connectivity index (χ2n) is 9.97. The molecule has 0 unspecified atom stereocenters. The van der Waals surface area contributed by atoms with Gasteiger partial charge in [0.05, 0.1) is 10.6 Å². The van der Waals surface area contributed by atoms with Gasteiger partial charge in [0, 0.05) is 22.1 Å². The van der Waals surface area contributed by atoms with Crippen LogP contribution in [0, 0.1) is 0 Å². The third kappa shape index (κ3) is 7.65. The quantitative estimate of drug-likeness (QED) is 0.286. The van der Waals surface area contributed by atoms with E-state index in [1.54, 1.807) is 43.3 Å². The smallest absolute Gasteiger partial charge is 0.264 e. The average molecular weight is 647 g/mol. The van der Waals surface area contributed by atoms with Gasteiger partial charge in [-0.25, -0.2) is 8.42 Å². The van der Waals surface area contributed by atoms with Crippen molar-refractivity contribution in [3.8, 4) is 0 Å². The van der Waals surface area contributed by atoms with E-state index in [9.17, 15) is 18.0 Å². The lowest BCUT2D eigenvalue weighted by Crippen LogP contribution is -2.53. The molecule has 0 aliphatic heterocycles. The lowest BCUT2D eigenvalue weighted by molar-refractivity contribution is -0.139. The molecule has 0 radical (unpaired) electrons. The highest BCUT2D eigenvalue weighted by Crippen LogP contribution is 2.27. The van der Waals surface area contributed by atoms with Crippen molar-refractivity contribution in [2.75, 3.05) is 10.8 Å². The van der Waals surface area contributed by atoms with Crippen molar-refractivity contribution < 1.29 is 18.0 Å². The van der Waals surface area contributed by atoms with E-state index in [1.165, 1.54) is 23.1 Å². The molecule has 1 fully saturated rings. The first-order chi connectivity index (χ1) is 19.1. The van der Waals surface area contributed by atoms with Gasteiger partial charge in [0.2, 0.25) is 11.8 Å². The zero-order valence-corrected chi connectivity index (χ0v) is 25.5. The van der Waals surface area contributed by atoms with Crippen LogP contribution in [0.15, 0.2) is 88.2 Å². The molecule has 4 rings (SSSR count). The molecule has 212 valence electrons. The minimum atomic E-state index is -4.13. The minimum absolute atomic E-state index is 0.0466. The van der Waals surface area contributed by atoms with Crippen LogP contribution in [0.4, 0.5) is 5.69 Å². The van der Waals surface area contributed by atoms with E-state index in [0.29, 0.717) is 5.02 Å². The fourth-order valence-electron chi connectivity index (χ4n) is 4.82. The SMILES string of the molecule is C[C@H](C(=O)NC1CCCCC1)N(Cc1ccc(Br)cc1)C(=O)CN(c1cccc(Cl)c1)S(=O)(=O)c1ccccc1. The van der Waals surface area contributed by atoms with E-state index in [-0.39, 0.29) is 29.1 Å². The number of halogens is 2. The summed E-state index contributed by atoms with van der Waals surface area (Å²) in [6.07, 6.45) is 5.11. The molecule has 1 atom stereocenters. The molecule has 7 nitrogen and oxygen atoms in total. The zero-order valence-electron chi connectivity index (χ0n) is 22.3. The Bertz CT molecular complexity index is 1410. The van der Waals surface area contributed by atoms with Crippen LogP contribution in [0.5, 0.6) is 0 Å². The van der Waals surface area contributed by atoms with E-state index in [0.717, 1.165) is 46.4 Å². The first kappa shape index (κ1) is 30.1. The van der Waals surface area contributed by atoms with E-state index in [1.807, 2.05) is 24.3 Å². The van der Waals surface area contributed by atoms with Crippen molar-refractivity contribution in [2.45, 2.75) is 62.6 Å². The summed E-state index contributed by atoms with van der Waals surface area (Å²) in [6, 6.07) is 21.0. The summed E-state index contributed by atoms with van der Waals surface area (Å²) in [5.41, 5.74) is 1.07. The van der Waals surface area contributed by atoms with E-state index in [2.05, 4.69) is 21.2 Å². The Morgan fingerprint density at radius 1 is 0.975 bits per heavy atom. The second-order valence-corrected chi connectivity index (χ2v) is 13.2. The van der Waals surface area contributed by atoms with Crippen molar-refractivity contribution in [1.82, 2.24) is 10.2 Å². The van der Waals surface area contributed by atoms with E-state index >= 15 is 0 Å². The van der Waals surface area contributed by atoms with Gasteiger partial charge in [0.15, 0.2) is 0 Å². The van der Waals surface area contributed by atoms with Gasteiger partial charge < -0.3 is 10.2 Å². The molecule has 1 aliphatic carbocycles. The molecule has 0 aromatic heterocycles. The number of rotatable bonds is 10. The number of sulfonamides is 1. The number of carbonyl (C=O) groups excluding carboxylic acids is 2. The van der Waals surface area contributed by atoms with Crippen LogP contribution in [-0.4, -0.2) is 43.8 Å². The lowest BCUT2D eigenvalue weighted by atomic mass is 9.95. The standard InChI is InChI=1S/C30H33BrClN3O4S/c1-22(30(37)33-26-10-4-2-5-11-26)34(20-23-15-17-24(31)18-16-23)29(36)21-35(27-12-8-9-25(32)19-27)40(38,39)28-13-6-3-7-14-28/h3,6-9,12-19,22,26H,2,4-5,10-11,20-21H2,1H3,(H,33,37)/t22-/m1/s1. The Morgan fingerprint density at radius 2 is 1.65 bits per heavy atom. The number of nitrogens with zero attached hydrogens (tertiary/aromatic N) is 2. The monoisotopic (exact) mass is 645 g/mol. The third-order valence-electron chi connectivity index (χ3n) is 7.09. The number of anilines is 1. The molecule has 3 aromatic rings. The predicted molar refractivity (Wildman–Crippen MR) is 162 cm³/mol. The summed E-state index contributed by atoms with van der Waals surface area (Å²) in [7, 11) is -4.13. The van der Waals surface area contributed by atoms with Crippen molar-refractivity contribution in [3.05, 3.63) is 93.9 Å². The third-order valence-corrected chi connectivity index (χ3v) is 9.64. The summed E-state index contributed by atoms with van der Waals surface area (Å²) >= 11 is 9.64. The molecule has 1 saturated carbocycles. The maximum atomic E-state index is 14.0. The van der Waals surface area contributed by atoms with Gasteiger partial charge in [0.1, 0.15) is 12.6 Å². The van der Waals surface area contributed by atoms with Crippen LogP contribution < -0.4 is 9.62 Å². The van der Waals surface area contributed by atoms with Gasteiger partial charge in [-0.15, -0.1) is 0 Å². The maximum absolute atomic E-state index is 14.0. The van der Waals surface area contributed by atoms with Gasteiger partial charge in [-0.2, -0.15) is 0 Å². The summed E-state index contributed by atoms with van der Waals surface area (Å²) < 4.78 is 29.5. The van der Waals surface area contributed by atoms with E-state index < -0.39 is 28.5 Å². The molecule has 0 spiro atoms. The van der Waals surface area contributed by atoms with Crippen LogP contribution in [0.2, 0.25) is 5.02 Å². The Morgan fingerprint density at radius 3 is 2.30 bits per heavy atom. The fraction of sp³-hybridized carbons (Fsp3) is 0.333. The zero-order chi connectivity index (χ0) is 28.7. The largest absolute Gasteiger partial charge is 0.352 e. The van der Waals surface area contributed by atoms with Crippen LogP contribution in [0.25, 0.3) is 0 Å². The molecule has 1 aliphatic rings. The Kier molecular flexibility index (Phi) is 10.3. The number of benzene rings is 3. The predicted octanol–water partition coefficient (Wildman–Crippen LogP) is 6.16. The molecule has 3 aromatic carbocycles. The van der Waals surface area contributed by atoms with Crippen molar-refractivity contribution in [1.29, 1.82) is 0 Å². The molecular formula is C30H33BrClN3O4S. The summed E-state index contributed by atoms with van der Waals surface area (Å²) in [6.45, 7) is 1.32. The van der Waals surface area contributed by atoms with Crippen LogP contribution in [-0.2, 0) is 26.2 Å². The summed E-state index contributed by atoms with van der Waals surface area (Å²) in [5.74, 6) is -0.758. The summed E-state index contributed by atoms with van der Waals surface area (Å²) in [5, 5.41) is 3.45. The van der Waals surface area contributed by atoms with Crippen LogP contribution in [0.1, 0.15) is 44.6 Å². The number of amides is 2. The molecule has 10 heteroatoms. The molecule has 1 N–H and O–H groups in total. The first-order valence-electron chi connectivity index (χ1n) is 13.3. The molecule has 0 bridgehead atoms. The van der Waals surface area contributed by atoms with Crippen LogP contribution in [0.3, 0.4) is 0 Å². The summed E-state index contributed by atoms with van der Waals surface area (Å²) in [4.78, 5) is 28.8. The Balaban J connectivity index is 1.66. The Hall–Kier alpha value is -2.88. The van der Waals surface area contributed by atoms with Crippen molar-refractivity contribution in [3.63, 3.8) is 0 Å². The minimum Gasteiger partial charge on any atom is -0.352 e. The highest BCUT2D eigenvalue weighted by atomic mass is 79.9. The normalized spacial score (nSPS) is 14.8. The molecule has 40 heavy (non-hydrogen) atoms. The van der Waals surface area contributed by atoms with Gasteiger partial charge in [-0.05, 0) is 67.8 Å². The van der Waals surface area contributed by atoms with Gasteiger partial charge >= 0.3 is 0 Å². The van der Waals surface area contributed by atoms with Crippen molar-refractivity contribution >= 4 is 55.1 Å². The van der Waals surface area contributed by atoms with Gasteiger partial charge in [-0.3, -0.25) is 13.9 Å². The highest BCUT2D eigenvalue weighted by Gasteiger charge is 2.33. The molecular weight excluding hydrogens is 614 g/mol. The number of hydrogen-bond donors (Lipinski definition) is 1. The van der Waals surface area contributed by atoms with Crippen LogP contribution >= 0.6 is 27.5 Å². The number of carbonyl (C=O) groups is 2. The molecule has 0 saturated heterocycles. The highest BCUT2D eigenvalue weighted by molar-refractivity contribution is 9.10. The van der Waals surface area contributed by atoms with Gasteiger partial charge in [-0.1, -0.05) is 83.2 Å². The second kappa shape index (κ2) is 13.7. The fourth-order valence-corrected chi connectivity index (χ4v) is 6.69. The molecule has 0 heterocycles. The van der Waals surface area contributed by atoms with Gasteiger partial charge in [0.25, 0.3) is 10.0 Å². The lowest BCUT2D eigenvalue weighted by Gasteiger charge is -2.33. The number of hydrogen-bond acceptors (Lipinski definition) is 4. The Labute approximate surface area is 249 Å². The average Bonchev–Trinajstić information content (AvgIpc) is 2.96. The van der Waals surface area contributed by atoms with Crippen molar-refractivity contribution in [2.24, 2.45) is 0 Å². The van der Waals surface area contributed by atoms with E-state index in [4.69, 9.17) is 11.6 Å². The maximum Gasteiger partial charge on any atom is 0.264 e.